The lowest BCUT2D eigenvalue weighted by Crippen LogP contribution is -2.38. The third-order valence-corrected chi connectivity index (χ3v) is 3.42. The summed E-state index contributed by atoms with van der Waals surface area (Å²) in [5, 5.41) is 18.9. The molecular formula is C14H18N2O2. The van der Waals surface area contributed by atoms with Crippen LogP contribution in [0.3, 0.4) is 0 Å². The van der Waals surface area contributed by atoms with Crippen molar-refractivity contribution in [1.82, 2.24) is 4.90 Å². The molecule has 1 aliphatic rings. The second-order valence-electron chi connectivity index (χ2n) is 4.54. The van der Waals surface area contributed by atoms with Crippen molar-refractivity contribution in [2.45, 2.75) is 25.0 Å². The van der Waals surface area contributed by atoms with Crippen molar-refractivity contribution in [1.29, 1.82) is 5.26 Å². The summed E-state index contributed by atoms with van der Waals surface area (Å²) in [7, 11) is 1.62. The minimum absolute atomic E-state index is 0.224. The van der Waals surface area contributed by atoms with Gasteiger partial charge < -0.3 is 9.84 Å². The minimum Gasteiger partial charge on any atom is -0.496 e. The third-order valence-electron chi connectivity index (χ3n) is 3.42. The van der Waals surface area contributed by atoms with Crippen molar-refractivity contribution in [3.05, 3.63) is 29.8 Å². The van der Waals surface area contributed by atoms with Crippen LogP contribution in [0.4, 0.5) is 0 Å². The summed E-state index contributed by atoms with van der Waals surface area (Å²) < 4.78 is 5.31. The summed E-state index contributed by atoms with van der Waals surface area (Å²) in [4.78, 5) is 2.10. The molecule has 1 N–H and O–H groups in total. The number of ether oxygens (including phenoxy) is 1. The molecule has 2 rings (SSSR count). The van der Waals surface area contributed by atoms with Gasteiger partial charge in [0.05, 0.1) is 19.3 Å². The van der Waals surface area contributed by atoms with Crippen molar-refractivity contribution in [3.63, 3.8) is 0 Å². The molecule has 1 aromatic rings. The molecule has 1 atom stereocenters. The fraction of sp³-hybridized carbons (Fsp3) is 0.500. The fourth-order valence-corrected chi connectivity index (χ4v) is 2.38. The second kappa shape index (κ2) is 5.85. The molecule has 1 fully saturated rings. The molecule has 1 heterocycles. The van der Waals surface area contributed by atoms with Gasteiger partial charge in [0.25, 0.3) is 0 Å². The summed E-state index contributed by atoms with van der Waals surface area (Å²) in [6, 6.07) is 9.66. The lowest BCUT2D eigenvalue weighted by molar-refractivity contribution is 0.0712. The van der Waals surface area contributed by atoms with E-state index in [9.17, 15) is 10.4 Å². The number of methoxy groups -OCH3 is 1. The van der Waals surface area contributed by atoms with Crippen molar-refractivity contribution in [2.75, 3.05) is 20.2 Å². The van der Waals surface area contributed by atoms with E-state index in [0.717, 1.165) is 37.2 Å². The maximum Gasteiger partial charge on any atom is 0.127 e. The predicted molar refractivity (Wildman–Crippen MR) is 68.2 cm³/mol. The number of rotatable bonds is 3. The molecule has 0 bridgehead atoms. The highest BCUT2D eigenvalue weighted by molar-refractivity contribution is 5.38. The van der Waals surface area contributed by atoms with Crippen LogP contribution in [0.15, 0.2) is 24.3 Å². The van der Waals surface area contributed by atoms with E-state index in [-0.39, 0.29) is 12.1 Å². The molecule has 0 aliphatic carbocycles. The van der Waals surface area contributed by atoms with Gasteiger partial charge in [-0.2, -0.15) is 5.26 Å². The Kier molecular flexibility index (Phi) is 4.19. The van der Waals surface area contributed by atoms with E-state index in [1.54, 1.807) is 7.11 Å². The van der Waals surface area contributed by atoms with Gasteiger partial charge in [0.1, 0.15) is 11.8 Å². The van der Waals surface area contributed by atoms with E-state index in [2.05, 4.69) is 11.0 Å². The number of piperidine rings is 1. The van der Waals surface area contributed by atoms with Crippen molar-refractivity contribution < 1.29 is 9.84 Å². The summed E-state index contributed by atoms with van der Waals surface area (Å²) in [5.74, 6) is 0.746. The molecule has 4 nitrogen and oxygen atoms in total. The molecule has 0 aromatic heterocycles. The number of hydrogen-bond acceptors (Lipinski definition) is 4. The summed E-state index contributed by atoms with van der Waals surface area (Å²) in [6.45, 7) is 1.49. The minimum atomic E-state index is -0.298. The number of para-hydroxylation sites is 1. The van der Waals surface area contributed by atoms with Gasteiger partial charge in [-0.15, -0.1) is 0 Å². The Hall–Kier alpha value is -1.57. The van der Waals surface area contributed by atoms with Gasteiger partial charge >= 0.3 is 0 Å². The molecule has 96 valence electrons. The number of aliphatic hydroxyl groups excluding tert-OH is 1. The Morgan fingerprint density at radius 1 is 1.39 bits per heavy atom. The first kappa shape index (κ1) is 12.9. The average molecular weight is 246 g/mol. The number of nitrogens with zero attached hydrogens (tertiary/aromatic N) is 2. The molecule has 1 aromatic carbocycles. The van der Waals surface area contributed by atoms with Gasteiger partial charge in [-0.05, 0) is 18.9 Å². The van der Waals surface area contributed by atoms with Crippen LogP contribution in [0.1, 0.15) is 24.4 Å². The zero-order valence-corrected chi connectivity index (χ0v) is 10.5. The molecule has 0 spiro atoms. The molecule has 4 heteroatoms. The first-order valence-electron chi connectivity index (χ1n) is 6.21. The van der Waals surface area contributed by atoms with E-state index in [4.69, 9.17) is 4.74 Å². The van der Waals surface area contributed by atoms with Gasteiger partial charge in [0.15, 0.2) is 0 Å². The lowest BCUT2D eigenvalue weighted by atomic mass is 10.0. The first-order valence-corrected chi connectivity index (χ1v) is 6.21. The highest BCUT2D eigenvalue weighted by atomic mass is 16.5. The molecule has 0 saturated carbocycles. The summed E-state index contributed by atoms with van der Waals surface area (Å²) >= 11 is 0. The quantitative estimate of drug-likeness (QED) is 0.882. The van der Waals surface area contributed by atoms with Gasteiger partial charge in [0, 0.05) is 18.7 Å². The van der Waals surface area contributed by atoms with Gasteiger partial charge in [-0.1, -0.05) is 18.2 Å². The molecule has 1 aliphatic heterocycles. The standard InChI is InChI=1S/C14H18N2O2/c1-18-14-5-3-2-4-12(14)13(10-15)16-8-6-11(17)7-9-16/h2-5,11,13,17H,6-9H2,1H3. The molecular weight excluding hydrogens is 228 g/mol. The summed E-state index contributed by atoms with van der Waals surface area (Å²) in [6.07, 6.45) is 1.24. The van der Waals surface area contributed by atoms with Crippen LogP contribution in [0.2, 0.25) is 0 Å². The van der Waals surface area contributed by atoms with E-state index >= 15 is 0 Å². The Labute approximate surface area is 107 Å². The zero-order chi connectivity index (χ0) is 13.0. The zero-order valence-electron chi connectivity index (χ0n) is 10.5. The van der Waals surface area contributed by atoms with Crippen LogP contribution in [-0.2, 0) is 0 Å². The maximum absolute atomic E-state index is 9.52. The largest absolute Gasteiger partial charge is 0.496 e. The molecule has 0 radical (unpaired) electrons. The van der Waals surface area contributed by atoms with Crippen LogP contribution in [0, 0.1) is 11.3 Å². The van der Waals surface area contributed by atoms with Crippen LogP contribution < -0.4 is 4.74 Å². The van der Waals surface area contributed by atoms with E-state index in [1.165, 1.54) is 0 Å². The molecule has 1 unspecified atom stereocenters. The summed E-state index contributed by atoms with van der Waals surface area (Å²) in [5.41, 5.74) is 0.902. The highest BCUT2D eigenvalue weighted by Crippen LogP contribution is 2.30. The highest BCUT2D eigenvalue weighted by Gasteiger charge is 2.26. The SMILES string of the molecule is COc1ccccc1C(C#N)N1CCC(O)CC1. The van der Waals surface area contributed by atoms with Crippen molar-refractivity contribution in [3.8, 4) is 11.8 Å². The number of likely N-dealkylation sites (tertiary alicyclic amines) is 1. The van der Waals surface area contributed by atoms with E-state index in [1.807, 2.05) is 24.3 Å². The Balaban J connectivity index is 2.20. The third kappa shape index (κ3) is 2.63. The van der Waals surface area contributed by atoms with Crippen molar-refractivity contribution in [2.24, 2.45) is 0 Å². The molecule has 1 saturated heterocycles. The first-order chi connectivity index (χ1) is 8.76. The smallest absolute Gasteiger partial charge is 0.127 e. The number of hydrogen-bond donors (Lipinski definition) is 1. The van der Waals surface area contributed by atoms with E-state index in [0.29, 0.717) is 0 Å². The predicted octanol–water partition coefficient (Wildman–Crippen LogP) is 1.72. The normalized spacial score (nSPS) is 19.2. The van der Waals surface area contributed by atoms with Gasteiger partial charge in [-0.3, -0.25) is 4.90 Å². The maximum atomic E-state index is 9.52. The van der Waals surface area contributed by atoms with Crippen LogP contribution >= 0.6 is 0 Å². The average Bonchev–Trinajstić information content (AvgIpc) is 2.42. The Morgan fingerprint density at radius 3 is 2.67 bits per heavy atom. The topological polar surface area (TPSA) is 56.5 Å². The van der Waals surface area contributed by atoms with Crippen LogP contribution in [0.25, 0.3) is 0 Å². The van der Waals surface area contributed by atoms with Gasteiger partial charge in [0.2, 0.25) is 0 Å². The second-order valence-corrected chi connectivity index (χ2v) is 4.54. The van der Waals surface area contributed by atoms with Crippen LogP contribution in [-0.4, -0.2) is 36.3 Å². The fourth-order valence-electron chi connectivity index (χ4n) is 2.38. The Morgan fingerprint density at radius 2 is 2.06 bits per heavy atom. The monoisotopic (exact) mass is 246 g/mol. The molecule has 0 amide bonds. The lowest BCUT2D eigenvalue weighted by Gasteiger charge is -2.33. The van der Waals surface area contributed by atoms with Crippen LogP contribution in [0.5, 0.6) is 5.75 Å². The molecule has 18 heavy (non-hydrogen) atoms. The van der Waals surface area contributed by atoms with E-state index < -0.39 is 0 Å². The van der Waals surface area contributed by atoms with Crippen molar-refractivity contribution >= 4 is 0 Å². The van der Waals surface area contributed by atoms with Gasteiger partial charge in [-0.25, -0.2) is 0 Å². The number of nitriles is 1. The Bertz CT molecular complexity index is 434. The number of benzene rings is 1. The number of aliphatic hydroxyl groups is 1.